The number of H-pyrrole nitrogens is 1. The van der Waals surface area contributed by atoms with E-state index in [1.54, 1.807) is 0 Å². The Hall–Kier alpha value is -1.15. The standard InChI is InChI=1S/C15H18N4O.CH3I/c20-15(14-11-3-1-2-4-12(11)17-18-14)16-13-9-19-7-5-10(13)6-8-19;1-2/h1-4,10,13H,5-9H2,(H,16,20)(H,17,18);1H3/t13-;/m1./s1. The van der Waals surface area contributed by atoms with Gasteiger partial charge in [-0.1, -0.05) is 40.8 Å². The zero-order valence-corrected chi connectivity index (χ0v) is 14.8. The fraction of sp³-hybridized carbons (Fsp3) is 0.500. The minimum atomic E-state index is -0.0544. The molecule has 1 atom stereocenters. The van der Waals surface area contributed by atoms with Gasteiger partial charge >= 0.3 is 0 Å². The summed E-state index contributed by atoms with van der Waals surface area (Å²) in [4.78, 5) is 16.9. The minimum Gasteiger partial charge on any atom is -0.346 e. The number of alkyl halides is 1. The fourth-order valence-electron chi connectivity index (χ4n) is 3.50. The molecule has 3 aliphatic rings. The van der Waals surface area contributed by atoms with Gasteiger partial charge in [-0.3, -0.25) is 9.89 Å². The quantitative estimate of drug-likeness (QED) is 0.589. The van der Waals surface area contributed by atoms with Crippen LogP contribution in [0.2, 0.25) is 0 Å². The zero-order chi connectivity index (χ0) is 15.5. The Kier molecular flexibility index (Phi) is 4.97. The number of para-hydroxylation sites is 1. The van der Waals surface area contributed by atoms with E-state index in [2.05, 4.69) is 43.0 Å². The van der Waals surface area contributed by atoms with Crippen molar-refractivity contribution in [1.29, 1.82) is 0 Å². The summed E-state index contributed by atoms with van der Waals surface area (Å²) < 4.78 is 0. The van der Waals surface area contributed by atoms with Crippen molar-refractivity contribution in [3.8, 4) is 0 Å². The number of fused-ring (bicyclic) bond motifs is 4. The summed E-state index contributed by atoms with van der Waals surface area (Å²) in [6.45, 7) is 3.35. The highest BCUT2D eigenvalue weighted by Gasteiger charge is 2.35. The van der Waals surface area contributed by atoms with Crippen molar-refractivity contribution >= 4 is 39.4 Å². The molecule has 1 aromatic carbocycles. The Balaban J connectivity index is 0.000000693. The van der Waals surface area contributed by atoms with E-state index < -0.39 is 0 Å². The Morgan fingerprint density at radius 1 is 1.32 bits per heavy atom. The normalized spacial score (nSPS) is 26.4. The lowest BCUT2D eigenvalue weighted by molar-refractivity contribution is 0.0618. The van der Waals surface area contributed by atoms with E-state index in [4.69, 9.17) is 0 Å². The van der Waals surface area contributed by atoms with Crippen molar-refractivity contribution < 1.29 is 4.79 Å². The molecule has 0 aliphatic carbocycles. The van der Waals surface area contributed by atoms with Crippen LogP contribution in [0.1, 0.15) is 23.3 Å². The zero-order valence-electron chi connectivity index (χ0n) is 12.7. The van der Waals surface area contributed by atoms with Crippen molar-refractivity contribution in [1.82, 2.24) is 20.4 Å². The topological polar surface area (TPSA) is 61.0 Å². The maximum absolute atomic E-state index is 12.5. The van der Waals surface area contributed by atoms with Crippen molar-refractivity contribution in [3.05, 3.63) is 30.0 Å². The van der Waals surface area contributed by atoms with Gasteiger partial charge in [0.15, 0.2) is 5.69 Å². The number of carbonyl (C=O) groups excluding carboxylic acids is 1. The first kappa shape index (κ1) is 15.7. The maximum Gasteiger partial charge on any atom is 0.272 e. The highest BCUT2D eigenvalue weighted by Crippen LogP contribution is 2.27. The highest BCUT2D eigenvalue weighted by molar-refractivity contribution is 14.1. The molecular weight excluding hydrogens is 391 g/mol. The molecule has 0 saturated carbocycles. The number of nitrogens with one attached hydrogen (secondary N) is 2. The molecule has 3 fully saturated rings. The third-order valence-corrected chi connectivity index (χ3v) is 4.66. The second kappa shape index (κ2) is 6.95. The van der Waals surface area contributed by atoms with E-state index in [1.165, 1.54) is 25.9 Å². The molecule has 0 spiro atoms. The second-order valence-corrected chi connectivity index (χ2v) is 5.84. The largest absolute Gasteiger partial charge is 0.346 e. The van der Waals surface area contributed by atoms with Gasteiger partial charge in [0.05, 0.1) is 5.52 Å². The van der Waals surface area contributed by atoms with Gasteiger partial charge in [-0.05, 0) is 42.8 Å². The summed E-state index contributed by atoms with van der Waals surface area (Å²) in [7, 11) is 0. The van der Waals surface area contributed by atoms with Crippen LogP contribution in [0.5, 0.6) is 0 Å². The molecule has 0 radical (unpaired) electrons. The lowest BCUT2D eigenvalue weighted by Crippen LogP contribution is -2.57. The van der Waals surface area contributed by atoms with Crippen LogP contribution in [0.3, 0.4) is 0 Å². The predicted molar refractivity (Wildman–Crippen MR) is 96.5 cm³/mol. The number of aromatic amines is 1. The summed E-state index contributed by atoms with van der Waals surface area (Å²) in [6.07, 6.45) is 2.40. The van der Waals surface area contributed by atoms with E-state index in [-0.39, 0.29) is 11.9 Å². The van der Waals surface area contributed by atoms with Gasteiger partial charge in [-0.2, -0.15) is 5.10 Å². The lowest BCUT2D eigenvalue weighted by atomic mass is 9.84. The molecule has 2 aromatic rings. The predicted octanol–water partition coefficient (Wildman–Crippen LogP) is 2.44. The smallest absolute Gasteiger partial charge is 0.272 e. The van der Waals surface area contributed by atoms with Gasteiger partial charge in [-0.25, -0.2) is 0 Å². The number of benzene rings is 1. The summed E-state index contributed by atoms with van der Waals surface area (Å²) >= 11 is 2.15. The van der Waals surface area contributed by atoms with Crippen molar-refractivity contribution in [3.63, 3.8) is 0 Å². The van der Waals surface area contributed by atoms with Gasteiger partial charge in [0.1, 0.15) is 0 Å². The molecular formula is C16H21IN4O. The summed E-state index contributed by atoms with van der Waals surface area (Å²) in [6, 6.07) is 8.02. The average Bonchev–Trinajstić information content (AvgIpc) is 3.02. The Labute approximate surface area is 144 Å². The third-order valence-electron chi connectivity index (χ3n) is 4.66. The van der Waals surface area contributed by atoms with Crippen LogP contribution in [0, 0.1) is 5.92 Å². The summed E-state index contributed by atoms with van der Waals surface area (Å²) in [5.74, 6) is 0.579. The number of hydrogen-bond acceptors (Lipinski definition) is 3. The molecule has 0 unspecified atom stereocenters. The van der Waals surface area contributed by atoms with Crippen molar-refractivity contribution in [2.24, 2.45) is 5.92 Å². The molecule has 4 heterocycles. The summed E-state index contributed by atoms with van der Waals surface area (Å²) in [5, 5.41) is 11.2. The first-order valence-corrected chi connectivity index (χ1v) is 9.81. The van der Waals surface area contributed by atoms with E-state index >= 15 is 0 Å². The molecule has 1 amide bonds. The van der Waals surface area contributed by atoms with E-state index in [0.29, 0.717) is 11.6 Å². The molecule has 5 rings (SSSR count). The number of halogens is 1. The van der Waals surface area contributed by atoms with Crippen molar-refractivity contribution in [2.75, 3.05) is 24.6 Å². The van der Waals surface area contributed by atoms with E-state index in [0.717, 1.165) is 17.4 Å². The van der Waals surface area contributed by atoms with Gasteiger partial charge in [0.2, 0.25) is 0 Å². The number of carbonyl (C=O) groups is 1. The Morgan fingerprint density at radius 2 is 2.05 bits per heavy atom. The molecule has 2 bridgehead atoms. The number of aromatic nitrogens is 2. The SMILES string of the molecule is CI.O=C(N[C@@H]1CN2CCC1CC2)c1n[nH]c2ccccc12. The van der Waals surface area contributed by atoms with Crippen LogP contribution in [-0.4, -0.2) is 51.6 Å². The second-order valence-electron chi connectivity index (χ2n) is 5.84. The third kappa shape index (κ3) is 2.99. The number of nitrogens with zero attached hydrogens (tertiary/aromatic N) is 2. The highest BCUT2D eigenvalue weighted by atomic mass is 127. The van der Waals surface area contributed by atoms with Crippen LogP contribution < -0.4 is 5.32 Å². The molecule has 6 heteroatoms. The van der Waals surface area contributed by atoms with Gasteiger partial charge in [0, 0.05) is 18.0 Å². The number of amides is 1. The molecule has 118 valence electrons. The number of hydrogen-bond donors (Lipinski definition) is 2. The molecule has 1 aromatic heterocycles. The first-order chi connectivity index (χ1) is 10.8. The maximum atomic E-state index is 12.5. The number of piperidine rings is 3. The fourth-order valence-corrected chi connectivity index (χ4v) is 3.50. The van der Waals surface area contributed by atoms with Crippen LogP contribution in [0.4, 0.5) is 0 Å². The summed E-state index contributed by atoms with van der Waals surface area (Å²) in [5.41, 5.74) is 1.42. The first-order valence-electron chi connectivity index (χ1n) is 7.65. The van der Waals surface area contributed by atoms with Crippen molar-refractivity contribution in [2.45, 2.75) is 18.9 Å². The molecule has 3 saturated heterocycles. The van der Waals surface area contributed by atoms with E-state index in [1.807, 2.05) is 29.2 Å². The van der Waals surface area contributed by atoms with Crippen LogP contribution >= 0.6 is 22.6 Å². The monoisotopic (exact) mass is 412 g/mol. The Morgan fingerprint density at radius 3 is 2.73 bits per heavy atom. The molecule has 22 heavy (non-hydrogen) atoms. The molecule has 3 aliphatic heterocycles. The Bertz CT molecular complexity index is 648. The van der Waals surface area contributed by atoms with Gasteiger partial charge < -0.3 is 10.2 Å². The number of rotatable bonds is 2. The van der Waals surface area contributed by atoms with Crippen LogP contribution in [0.25, 0.3) is 10.9 Å². The van der Waals surface area contributed by atoms with Gasteiger partial charge in [0.25, 0.3) is 5.91 Å². The van der Waals surface area contributed by atoms with Gasteiger partial charge in [-0.15, -0.1) is 0 Å². The van der Waals surface area contributed by atoms with Crippen LogP contribution in [0.15, 0.2) is 24.3 Å². The molecule has 2 N–H and O–H groups in total. The molecule has 5 nitrogen and oxygen atoms in total. The van der Waals surface area contributed by atoms with E-state index in [9.17, 15) is 4.79 Å². The minimum absolute atomic E-state index is 0.0544. The average molecular weight is 412 g/mol. The lowest BCUT2D eigenvalue weighted by Gasteiger charge is -2.44. The van der Waals surface area contributed by atoms with Crippen LogP contribution in [-0.2, 0) is 0 Å².